The molecule has 2 saturated heterocycles. The molecule has 0 amide bonds. The number of anilines is 3. The predicted octanol–water partition coefficient (Wildman–Crippen LogP) is 7.05. The normalized spacial score (nSPS) is 15.8. The average molecular weight is 608 g/mol. The van der Waals surface area contributed by atoms with Crippen LogP contribution in [0.25, 0.3) is 0 Å². The van der Waals surface area contributed by atoms with E-state index in [1.54, 1.807) is 18.0 Å². The van der Waals surface area contributed by atoms with E-state index in [0.29, 0.717) is 0 Å². The van der Waals surface area contributed by atoms with Gasteiger partial charge in [0.25, 0.3) is 0 Å². The molecule has 4 rings (SSSR count). The molecular weight excluding hydrogens is 554 g/mol. The maximum Gasteiger partial charge on any atom is 0.0920 e. The van der Waals surface area contributed by atoms with Crippen molar-refractivity contribution >= 4 is 35.5 Å². The largest absolute Gasteiger partial charge is 0.381 e. The number of aryl methyl sites for hydroxylation is 1. The van der Waals surface area contributed by atoms with Crippen LogP contribution < -0.4 is 26.2 Å². The van der Waals surface area contributed by atoms with Crippen LogP contribution in [0, 0.1) is 12.8 Å². The van der Waals surface area contributed by atoms with Crippen LogP contribution in [0.1, 0.15) is 45.1 Å². The van der Waals surface area contributed by atoms with E-state index < -0.39 is 0 Å². The van der Waals surface area contributed by atoms with Crippen LogP contribution in [0.5, 0.6) is 0 Å². The highest BCUT2D eigenvalue weighted by molar-refractivity contribution is 8.02. The Kier molecular flexibility index (Phi) is 18.1. The minimum Gasteiger partial charge on any atom is -0.381 e. The summed E-state index contributed by atoms with van der Waals surface area (Å²) >= 11 is 1.60. The number of ether oxygens (including phenoxy) is 1. The Balaban J connectivity index is 0.000000494. The summed E-state index contributed by atoms with van der Waals surface area (Å²) in [6.45, 7) is 20.0. The molecule has 9 heteroatoms. The molecule has 1 aromatic carbocycles. The SMILES string of the molecule is C=CNc1cc(C)ccc1S/C=C(N=C)/C(=C/CC)Nc1cnccc1N1CCNCC1.CCC1CCOCC1.CNC. The number of hydrogen-bond donors (Lipinski definition) is 4. The smallest absolute Gasteiger partial charge is 0.0920 e. The number of piperazine rings is 1. The zero-order chi connectivity index (χ0) is 31.3. The number of nitrogens with zero attached hydrogens (tertiary/aromatic N) is 3. The highest BCUT2D eigenvalue weighted by Crippen LogP contribution is 2.33. The molecule has 236 valence electrons. The number of rotatable bonds is 11. The molecule has 1 aromatic heterocycles. The fourth-order valence-electron chi connectivity index (χ4n) is 4.66. The molecule has 2 fully saturated rings. The van der Waals surface area contributed by atoms with Gasteiger partial charge in [0, 0.05) is 55.9 Å². The van der Waals surface area contributed by atoms with Gasteiger partial charge in [-0.15, -0.1) is 0 Å². The van der Waals surface area contributed by atoms with Crippen molar-refractivity contribution in [1.82, 2.24) is 15.6 Å². The minimum absolute atomic E-state index is 0.789. The second-order valence-corrected chi connectivity index (χ2v) is 11.3. The molecule has 0 radical (unpaired) electrons. The summed E-state index contributed by atoms with van der Waals surface area (Å²) in [5.74, 6) is 0.962. The Morgan fingerprint density at radius 2 is 1.88 bits per heavy atom. The van der Waals surface area contributed by atoms with Crippen molar-refractivity contribution < 1.29 is 4.74 Å². The number of thioether (sulfide) groups is 1. The van der Waals surface area contributed by atoms with Gasteiger partial charge in [0.15, 0.2) is 0 Å². The van der Waals surface area contributed by atoms with Crippen molar-refractivity contribution in [2.75, 3.05) is 69.0 Å². The van der Waals surface area contributed by atoms with E-state index in [9.17, 15) is 0 Å². The molecule has 4 N–H and O–H groups in total. The molecule has 0 spiro atoms. The van der Waals surface area contributed by atoms with Gasteiger partial charge in [-0.1, -0.05) is 50.8 Å². The van der Waals surface area contributed by atoms with Crippen LogP contribution in [-0.2, 0) is 4.74 Å². The van der Waals surface area contributed by atoms with Crippen LogP contribution in [-0.4, -0.2) is 65.2 Å². The third kappa shape index (κ3) is 13.0. The van der Waals surface area contributed by atoms with Gasteiger partial charge < -0.3 is 30.9 Å². The highest BCUT2D eigenvalue weighted by Gasteiger charge is 2.16. The number of nitrogens with one attached hydrogen (secondary N) is 4. The number of aliphatic imine (C=N–C) groups is 1. The molecule has 2 aliphatic heterocycles. The second kappa shape index (κ2) is 21.6. The summed E-state index contributed by atoms with van der Waals surface area (Å²) < 4.78 is 5.20. The standard InChI is InChI=1S/C25H32N6S.C7H14O.C2H7N/c1-5-7-20(30-22-17-28-11-10-24(22)31-14-12-27-13-15-31)23(26-4)18-32-25-9-8-19(3)16-21(25)29-6-2;1-2-7-3-5-8-6-4-7;1-3-2/h6-11,16-18,27,29-30H,2,4-5,12-15H2,1,3H3;7H,2-6H2,1H3;3H,1-2H3/b20-7-,23-18-;;. The molecule has 3 heterocycles. The maximum atomic E-state index is 5.20. The van der Waals surface area contributed by atoms with Gasteiger partial charge in [0.2, 0.25) is 0 Å². The number of pyridine rings is 1. The first-order valence-electron chi connectivity index (χ1n) is 15.4. The molecular formula is C34H53N7OS. The zero-order valence-electron chi connectivity index (χ0n) is 26.9. The molecule has 0 saturated carbocycles. The van der Waals surface area contributed by atoms with Crippen molar-refractivity contribution in [3.05, 3.63) is 77.9 Å². The lowest BCUT2D eigenvalue weighted by Crippen LogP contribution is -2.43. The maximum absolute atomic E-state index is 5.20. The predicted molar refractivity (Wildman–Crippen MR) is 189 cm³/mol. The summed E-state index contributed by atoms with van der Waals surface area (Å²) in [4.78, 5) is 12.2. The van der Waals surface area contributed by atoms with Gasteiger partial charge in [-0.25, -0.2) is 0 Å². The van der Waals surface area contributed by atoms with E-state index in [1.165, 1.54) is 24.8 Å². The number of benzene rings is 1. The summed E-state index contributed by atoms with van der Waals surface area (Å²) in [5.41, 5.74) is 6.04. The molecule has 0 aliphatic carbocycles. The van der Waals surface area contributed by atoms with Crippen LogP contribution in [0.15, 0.2) is 82.2 Å². The van der Waals surface area contributed by atoms with E-state index in [2.05, 4.69) is 101 Å². The Hall–Kier alpha value is -3.11. The number of hydrogen-bond acceptors (Lipinski definition) is 9. The topological polar surface area (TPSA) is 85.8 Å². The van der Waals surface area contributed by atoms with Crippen LogP contribution in [0.2, 0.25) is 0 Å². The quantitative estimate of drug-likeness (QED) is 0.123. The van der Waals surface area contributed by atoms with Crippen LogP contribution in [0.4, 0.5) is 17.1 Å². The van der Waals surface area contributed by atoms with Crippen molar-refractivity contribution in [1.29, 1.82) is 0 Å². The van der Waals surface area contributed by atoms with Gasteiger partial charge in [-0.05, 0) is 82.9 Å². The lowest BCUT2D eigenvalue weighted by atomic mass is 9.98. The van der Waals surface area contributed by atoms with Crippen molar-refractivity contribution in [3.63, 3.8) is 0 Å². The molecule has 0 atom stereocenters. The first kappa shape index (κ1) is 36.1. The van der Waals surface area contributed by atoms with E-state index in [1.807, 2.05) is 31.9 Å². The van der Waals surface area contributed by atoms with Gasteiger partial charge in [-0.3, -0.25) is 9.98 Å². The lowest BCUT2D eigenvalue weighted by Gasteiger charge is -2.31. The van der Waals surface area contributed by atoms with Crippen molar-refractivity contribution in [2.24, 2.45) is 10.9 Å². The number of aromatic nitrogens is 1. The van der Waals surface area contributed by atoms with E-state index in [0.717, 1.165) is 85.1 Å². The lowest BCUT2D eigenvalue weighted by molar-refractivity contribution is 0.0654. The molecule has 2 aliphatic rings. The summed E-state index contributed by atoms with van der Waals surface area (Å²) in [7, 11) is 3.75. The van der Waals surface area contributed by atoms with Gasteiger partial charge in [0.1, 0.15) is 0 Å². The van der Waals surface area contributed by atoms with Gasteiger partial charge in [0.05, 0.1) is 34.7 Å². The average Bonchev–Trinajstić information content (AvgIpc) is 3.04. The fourth-order valence-corrected chi connectivity index (χ4v) is 5.49. The minimum atomic E-state index is 0.789. The Bertz CT molecular complexity index is 1160. The zero-order valence-corrected chi connectivity index (χ0v) is 27.7. The molecule has 8 nitrogen and oxygen atoms in total. The van der Waals surface area contributed by atoms with Gasteiger partial charge >= 0.3 is 0 Å². The Morgan fingerprint density at radius 3 is 2.49 bits per heavy atom. The first-order valence-corrected chi connectivity index (χ1v) is 16.2. The van der Waals surface area contributed by atoms with E-state index in [4.69, 9.17) is 4.74 Å². The number of allylic oxidation sites excluding steroid dienone is 1. The van der Waals surface area contributed by atoms with Crippen molar-refractivity contribution in [3.8, 4) is 0 Å². The summed E-state index contributed by atoms with van der Waals surface area (Å²) in [5, 5.41) is 15.0. The highest BCUT2D eigenvalue weighted by atomic mass is 32.2. The molecule has 0 bridgehead atoms. The molecule has 43 heavy (non-hydrogen) atoms. The Morgan fingerprint density at radius 1 is 1.16 bits per heavy atom. The van der Waals surface area contributed by atoms with Crippen LogP contribution in [0.3, 0.4) is 0 Å². The van der Waals surface area contributed by atoms with Crippen LogP contribution >= 0.6 is 11.8 Å². The second-order valence-electron chi connectivity index (χ2n) is 10.4. The molecule has 2 aromatic rings. The van der Waals surface area contributed by atoms with Crippen molar-refractivity contribution in [2.45, 2.75) is 51.3 Å². The third-order valence-corrected chi connectivity index (χ3v) is 7.94. The summed E-state index contributed by atoms with van der Waals surface area (Å²) in [6.07, 6.45) is 12.3. The van der Waals surface area contributed by atoms with E-state index >= 15 is 0 Å². The van der Waals surface area contributed by atoms with E-state index in [-0.39, 0.29) is 0 Å². The first-order chi connectivity index (χ1) is 21.0. The van der Waals surface area contributed by atoms with Gasteiger partial charge in [-0.2, -0.15) is 0 Å². The fraction of sp³-hybridized carbons (Fsp3) is 0.471. The monoisotopic (exact) mass is 607 g/mol. The summed E-state index contributed by atoms with van der Waals surface area (Å²) in [6, 6.07) is 8.37. The Labute approximate surface area is 264 Å². The third-order valence-electron chi connectivity index (χ3n) is 6.99. The molecule has 0 unspecified atom stereocenters.